The maximum absolute atomic E-state index is 12.4. The molecule has 0 spiro atoms. The summed E-state index contributed by atoms with van der Waals surface area (Å²) in [5, 5.41) is 3.98. The third kappa shape index (κ3) is 3.77. The highest BCUT2D eigenvalue weighted by molar-refractivity contribution is 8.18. The van der Waals surface area contributed by atoms with E-state index >= 15 is 0 Å². The Morgan fingerprint density at radius 2 is 1.86 bits per heavy atom. The zero-order valence-electron chi connectivity index (χ0n) is 15.4. The first-order chi connectivity index (χ1) is 13.5. The minimum Gasteiger partial charge on any atom is -0.318 e. The van der Waals surface area contributed by atoms with Gasteiger partial charge >= 0.3 is 0 Å². The minimum atomic E-state index is -0.143. The fourth-order valence-corrected chi connectivity index (χ4v) is 4.21. The number of amides is 1. The van der Waals surface area contributed by atoms with E-state index in [0.29, 0.717) is 20.8 Å². The number of aryl methyl sites for hydroxylation is 1. The molecule has 1 amide bonds. The van der Waals surface area contributed by atoms with Crippen LogP contribution in [0.5, 0.6) is 0 Å². The Kier molecular flexibility index (Phi) is 5.11. The Bertz CT molecular complexity index is 1120. The quantitative estimate of drug-likeness (QED) is 0.571. The van der Waals surface area contributed by atoms with Crippen molar-refractivity contribution in [3.8, 4) is 5.69 Å². The van der Waals surface area contributed by atoms with E-state index in [1.54, 1.807) is 12.1 Å². The molecule has 1 N–H and O–H groups in total. The Balaban J connectivity index is 1.64. The lowest BCUT2D eigenvalue weighted by atomic mass is 10.2. The lowest BCUT2D eigenvalue weighted by Gasteiger charge is -2.09. The average Bonchev–Trinajstić information content (AvgIpc) is 3.14. The summed E-state index contributed by atoms with van der Waals surface area (Å²) in [7, 11) is 0. The van der Waals surface area contributed by atoms with Crippen molar-refractivity contribution in [2.75, 3.05) is 0 Å². The van der Waals surface area contributed by atoms with Crippen molar-refractivity contribution in [2.24, 2.45) is 4.99 Å². The molecule has 4 nitrogen and oxygen atoms in total. The van der Waals surface area contributed by atoms with E-state index in [1.165, 1.54) is 11.8 Å². The molecule has 1 saturated heterocycles. The highest BCUT2D eigenvalue weighted by atomic mass is 35.5. The van der Waals surface area contributed by atoms with Gasteiger partial charge in [0.25, 0.3) is 5.91 Å². The molecule has 1 aromatic heterocycles. The molecule has 0 radical (unpaired) electrons. The number of amidine groups is 1. The zero-order valence-corrected chi connectivity index (χ0v) is 17.0. The fraction of sp³-hybridized carbons (Fsp3) is 0.0909. The third-order valence-electron chi connectivity index (χ3n) is 4.46. The summed E-state index contributed by atoms with van der Waals surface area (Å²) in [4.78, 5) is 17.5. The van der Waals surface area contributed by atoms with Crippen LogP contribution in [-0.4, -0.2) is 15.6 Å². The molecule has 140 valence electrons. The van der Waals surface area contributed by atoms with Crippen LogP contribution in [0.1, 0.15) is 17.0 Å². The van der Waals surface area contributed by atoms with E-state index in [9.17, 15) is 4.79 Å². The maximum Gasteiger partial charge on any atom is 0.264 e. The van der Waals surface area contributed by atoms with Gasteiger partial charge in [-0.1, -0.05) is 35.9 Å². The summed E-state index contributed by atoms with van der Waals surface area (Å²) in [6.07, 6.45) is 1.92. The van der Waals surface area contributed by atoms with E-state index in [0.717, 1.165) is 22.6 Å². The van der Waals surface area contributed by atoms with Crippen LogP contribution in [0.25, 0.3) is 11.8 Å². The standard InChI is InChI=1S/C22H18ClN3OS/c1-14-11-16(15(2)26(14)19-9-4-3-5-10-19)12-20-21(27)25-22(28-20)24-18-8-6-7-17(23)13-18/h3-13H,1-2H3,(H,24,25,27)/b20-12-. The van der Waals surface area contributed by atoms with E-state index in [2.05, 4.69) is 46.9 Å². The van der Waals surface area contributed by atoms with Crippen LogP contribution >= 0.6 is 23.4 Å². The van der Waals surface area contributed by atoms with Crippen LogP contribution in [0.4, 0.5) is 5.69 Å². The molecule has 1 fully saturated rings. The van der Waals surface area contributed by atoms with Crippen molar-refractivity contribution in [1.29, 1.82) is 0 Å². The second-order valence-corrected chi connectivity index (χ2v) is 7.93. The van der Waals surface area contributed by atoms with Crippen molar-refractivity contribution in [3.63, 3.8) is 0 Å². The van der Waals surface area contributed by atoms with Crippen LogP contribution in [-0.2, 0) is 4.79 Å². The molecule has 3 aromatic rings. The molecule has 0 bridgehead atoms. The number of aliphatic imine (C=N–C) groups is 1. The number of nitrogens with zero attached hydrogens (tertiary/aromatic N) is 2. The Hall–Kier alpha value is -2.76. The molecule has 1 aliphatic rings. The molecular formula is C22H18ClN3OS. The Labute approximate surface area is 172 Å². The van der Waals surface area contributed by atoms with Gasteiger partial charge in [-0.25, -0.2) is 4.99 Å². The molecule has 28 heavy (non-hydrogen) atoms. The number of thioether (sulfide) groups is 1. The molecule has 2 heterocycles. The van der Waals surface area contributed by atoms with Gasteiger partial charge in [-0.3, -0.25) is 4.79 Å². The molecule has 1 aliphatic heterocycles. The van der Waals surface area contributed by atoms with Crippen molar-refractivity contribution >= 4 is 46.2 Å². The van der Waals surface area contributed by atoms with Gasteiger partial charge in [0, 0.05) is 22.1 Å². The predicted molar refractivity (Wildman–Crippen MR) is 118 cm³/mol. The van der Waals surface area contributed by atoms with Crippen LogP contribution in [0.15, 0.2) is 70.6 Å². The Morgan fingerprint density at radius 3 is 2.61 bits per heavy atom. The van der Waals surface area contributed by atoms with Crippen molar-refractivity contribution < 1.29 is 4.79 Å². The topological polar surface area (TPSA) is 46.4 Å². The number of para-hydroxylation sites is 1. The number of carbonyl (C=O) groups excluding carboxylic acids is 1. The fourth-order valence-electron chi connectivity index (χ4n) is 3.19. The first kappa shape index (κ1) is 18.6. The highest BCUT2D eigenvalue weighted by Gasteiger charge is 2.24. The van der Waals surface area contributed by atoms with E-state index < -0.39 is 0 Å². The summed E-state index contributed by atoms with van der Waals surface area (Å²) >= 11 is 7.33. The summed E-state index contributed by atoms with van der Waals surface area (Å²) in [5.41, 5.74) is 5.03. The third-order valence-corrected chi connectivity index (χ3v) is 5.61. The van der Waals surface area contributed by atoms with Gasteiger partial charge in [0.1, 0.15) is 0 Å². The molecule has 0 saturated carbocycles. The molecule has 6 heteroatoms. The number of aromatic nitrogens is 1. The SMILES string of the molecule is Cc1cc(/C=C2\SC(=Nc3cccc(Cl)c3)NC2=O)c(C)n1-c1ccccc1. The van der Waals surface area contributed by atoms with Gasteiger partial charge in [-0.2, -0.15) is 0 Å². The normalized spacial score (nSPS) is 16.8. The van der Waals surface area contributed by atoms with Crippen LogP contribution in [0, 0.1) is 13.8 Å². The number of benzene rings is 2. The van der Waals surface area contributed by atoms with Gasteiger partial charge in [0.05, 0.1) is 10.6 Å². The largest absolute Gasteiger partial charge is 0.318 e. The summed E-state index contributed by atoms with van der Waals surface area (Å²) in [6, 6.07) is 19.5. The molecule has 0 unspecified atom stereocenters. The number of rotatable bonds is 3. The van der Waals surface area contributed by atoms with Gasteiger partial charge in [0.15, 0.2) is 5.17 Å². The summed E-state index contributed by atoms with van der Waals surface area (Å²) in [5.74, 6) is -0.143. The molecule has 2 aromatic carbocycles. The molecule has 4 rings (SSSR count). The number of nitrogens with one attached hydrogen (secondary N) is 1. The number of hydrogen-bond donors (Lipinski definition) is 1. The molecule has 0 atom stereocenters. The summed E-state index contributed by atoms with van der Waals surface area (Å²) < 4.78 is 2.19. The average molecular weight is 408 g/mol. The zero-order chi connectivity index (χ0) is 19.7. The Morgan fingerprint density at radius 1 is 1.07 bits per heavy atom. The first-order valence-electron chi connectivity index (χ1n) is 8.81. The second kappa shape index (κ2) is 7.70. The number of carbonyl (C=O) groups is 1. The van der Waals surface area contributed by atoms with E-state index in [1.807, 2.05) is 36.4 Å². The number of halogens is 1. The van der Waals surface area contributed by atoms with E-state index in [-0.39, 0.29) is 5.91 Å². The first-order valence-corrected chi connectivity index (χ1v) is 10.0. The van der Waals surface area contributed by atoms with Gasteiger partial charge in [0.2, 0.25) is 0 Å². The number of hydrogen-bond acceptors (Lipinski definition) is 3. The smallest absolute Gasteiger partial charge is 0.264 e. The van der Waals surface area contributed by atoms with Crippen molar-refractivity contribution in [1.82, 2.24) is 9.88 Å². The van der Waals surface area contributed by atoms with Crippen LogP contribution < -0.4 is 5.32 Å². The van der Waals surface area contributed by atoms with Crippen LogP contribution in [0.2, 0.25) is 5.02 Å². The molecular weight excluding hydrogens is 390 g/mol. The monoisotopic (exact) mass is 407 g/mol. The lowest BCUT2D eigenvalue weighted by Crippen LogP contribution is -2.19. The summed E-state index contributed by atoms with van der Waals surface area (Å²) in [6.45, 7) is 4.13. The van der Waals surface area contributed by atoms with Gasteiger partial charge < -0.3 is 9.88 Å². The van der Waals surface area contributed by atoms with Gasteiger partial charge in [-0.15, -0.1) is 0 Å². The van der Waals surface area contributed by atoms with Crippen molar-refractivity contribution in [3.05, 3.63) is 87.5 Å². The van der Waals surface area contributed by atoms with Crippen molar-refractivity contribution in [2.45, 2.75) is 13.8 Å². The van der Waals surface area contributed by atoms with E-state index in [4.69, 9.17) is 11.6 Å². The molecule has 0 aliphatic carbocycles. The van der Waals surface area contributed by atoms with Crippen LogP contribution in [0.3, 0.4) is 0 Å². The van der Waals surface area contributed by atoms with Gasteiger partial charge in [-0.05, 0) is 73.6 Å². The highest BCUT2D eigenvalue weighted by Crippen LogP contribution is 2.31. The maximum atomic E-state index is 12.4. The lowest BCUT2D eigenvalue weighted by molar-refractivity contribution is -0.115. The second-order valence-electron chi connectivity index (χ2n) is 6.46. The predicted octanol–water partition coefficient (Wildman–Crippen LogP) is 5.64. The minimum absolute atomic E-state index is 0.143.